The van der Waals surface area contributed by atoms with E-state index in [1.165, 1.54) is 16.7 Å². The summed E-state index contributed by atoms with van der Waals surface area (Å²) in [6.07, 6.45) is 1.69. The van der Waals surface area contributed by atoms with Crippen molar-refractivity contribution in [1.82, 2.24) is 0 Å². The molecular formula is C19H14NO5S2-. The van der Waals surface area contributed by atoms with Crippen molar-refractivity contribution in [2.24, 2.45) is 0 Å². The van der Waals surface area contributed by atoms with Crippen LogP contribution in [0.4, 0.5) is 5.69 Å². The molecule has 1 aliphatic heterocycles. The summed E-state index contributed by atoms with van der Waals surface area (Å²) < 4.78 is 10.7. The van der Waals surface area contributed by atoms with Gasteiger partial charge >= 0.3 is 0 Å². The highest BCUT2D eigenvalue weighted by atomic mass is 32.2. The van der Waals surface area contributed by atoms with Gasteiger partial charge in [0.1, 0.15) is 18.1 Å². The predicted molar refractivity (Wildman–Crippen MR) is 106 cm³/mol. The van der Waals surface area contributed by atoms with Crippen LogP contribution >= 0.6 is 24.0 Å². The third-order valence-corrected chi connectivity index (χ3v) is 4.94. The minimum atomic E-state index is -1.30. The molecule has 0 aromatic heterocycles. The number of hydrogen-bond donors (Lipinski definition) is 0. The van der Waals surface area contributed by atoms with Gasteiger partial charge in [0.15, 0.2) is 4.32 Å². The molecule has 0 atom stereocenters. The Morgan fingerprint density at radius 1 is 1.22 bits per heavy atom. The van der Waals surface area contributed by atoms with Crippen LogP contribution in [0, 0.1) is 0 Å². The number of carbonyl (C=O) groups is 2. The number of benzene rings is 2. The monoisotopic (exact) mass is 400 g/mol. The van der Waals surface area contributed by atoms with E-state index in [1.807, 2.05) is 0 Å². The molecular weight excluding hydrogens is 386 g/mol. The number of ether oxygens (including phenoxy) is 2. The number of hydrogen-bond acceptors (Lipinski definition) is 7. The van der Waals surface area contributed by atoms with Crippen LogP contribution < -0.4 is 19.5 Å². The summed E-state index contributed by atoms with van der Waals surface area (Å²) in [4.78, 5) is 25.2. The van der Waals surface area contributed by atoms with Crippen molar-refractivity contribution < 1.29 is 24.2 Å². The van der Waals surface area contributed by atoms with E-state index < -0.39 is 12.6 Å². The van der Waals surface area contributed by atoms with Gasteiger partial charge in [0.2, 0.25) is 0 Å². The Morgan fingerprint density at radius 3 is 2.63 bits per heavy atom. The summed E-state index contributed by atoms with van der Waals surface area (Å²) >= 11 is 6.55. The zero-order valence-corrected chi connectivity index (χ0v) is 15.8. The molecule has 0 spiro atoms. The Kier molecular flexibility index (Phi) is 5.78. The van der Waals surface area contributed by atoms with Crippen LogP contribution in [0.25, 0.3) is 6.08 Å². The molecule has 0 aliphatic carbocycles. The lowest BCUT2D eigenvalue weighted by Crippen LogP contribution is -2.28. The summed E-state index contributed by atoms with van der Waals surface area (Å²) in [5.41, 5.74) is 1.36. The first-order valence-corrected chi connectivity index (χ1v) is 9.05. The van der Waals surface area contributed by atoms with Crippen LogP contribution in [0.15, 0.2) is 53.4 Å². The molecule has 0 bridgehead atoms. The van der Waals surface area contributed by atoms with E-state index in [0.29, 0.717) is 32.0 Å². The van der Waals surface area contributed by atoms with Crippen molar-refractivity contribution in [3.63, 3.8) is 0 Å². The molecule has 0 saturated carbocycles. The van der Waals surface area contributed by atoms with Crippen molar-refractivity contribution in [2.45, 2.75) is 0 Å². The lowest BCUT2D eigenvalue weighted by atomic mass is 10.2. The SMILES string of the molecule is COc1ccc(N2C(=O)/C(=C\c3cccc(OCC(=O)[O-])c3)SC2=S)cc1. The number of anilines is 1. The number of nitrogens with zero attached hydrogens (tertiary/aromatic N) is 1. The van der Waals surface area contributed by atoms with Gasteiger partial charge in [-0.25, -0.2) is 0 Å². The summed E-state index contributed by atoms with van der Waals surface area (Å²) in [5, 5.41) is 10.5. The molecule has 27 heavy (non-hydrogen) atoms. The molecule has 3 rings (SSSR count). The molecule has 1 saturated heterocycles. The Hall–Kier alpha value is -2.84. The van der Waals surface area contributed by atoms with Gasteiger partial charge in [0.05, 0.1) is 23.7 Å². The number of methoxy groups -OCH3 is 1. The summed E-state index contributed by atoms with van der Waals surface area (Å²) in [6.45, 7) is -0.539. The molecule has 2 aromatic rings. The van der Waals surface area contributed by atoms with Crippen molar-refractivity contribution >= 4 is 51.9 Å². The highest BCUT2D eigenvalue weighted by Gasteiger charge is 2.33. The lowest BCUT2D eigenvalue weighted by Gasteiger charge is -2.14. The molecule has 2 aromatic carbocycles. The van der Waals surface area contributed by atoms with E-state index in [0.717, 1.165) is 0 Å². The van der Waals surface area contributed by atoms with E-state index in [2.05, 4.69) is 0 Å². The smallest absolute Gasteiger partial charge is 0.270 e. The second kappa shape index (κ2) is 8.24. The second-order valence-electron chi connectivity index (χ2n) is 5.45. The average molecular weight is 400 g/mol. The number of thiocarbonyl (C=S) groups is 1. The van der Waals surface area contributed by atoms with Crippen molar-refractivity contribution in [1.29, 1.82) is 0 Å². The fourth-order valence-corrected chi connectivity index (χ4v) is 3.71. The van der Waals surface area contributed by atoms with E-state index in [-0.39, 0.29) is 5.91 Å². The highest BCUT2D eigenvalue weighted by molar-refractivity contribution is 8.27. The van der Waals surface area contributed by atoms with Crippen LogP contribution in [-0.4, -0.2) is 29.9 Å². The minimum absolute atomic E-state index is 0.226. The summed E-state index contributed by atoms with van der Waals surface area (Å²) in [5.74, 6) is -0.469. The molecule has 0 radical (unpaired) electrons. The van der Waals surface area contributed by atoms with Crippen molar-refractivity contribution in [3.8, 4) is 11.5 Å². The Morgan fingerprint density at radius 2 is 1.96 bits per heavy atom. The molecule has 0 unspecified atom stereocenters. The van der Waals surface area contributed by atoms with Gasteiger partial charge in [-0.3, -0.25) is 9.69 Å². The van der Waals surface area contributed by atoms with Crippen LogP contribution in [0.2, 0.25) is 0 Å². The maximum Gasteiger partial charge on any atom is 0.270 e. The maximum absolute atomic E-state index is 12.8. The fourth-order valence-electron chi connectivity index (χ4n) is 2.41. The van der Waals surface area contributed by atoms with E-state index in [4.69, 9.17) is 21.7 Å². The van der Waals surface area contributed by atoms with E-state index >= 15 is 0 Å². The molecule has 138 valence electrons. The first-order valence-electron chi connectivity index (χ1n) is 7.82. The third-order valence-electron chi connectivity index (χ3n) is 3.64. The van der Waals surface area contributed by atoms with Crippen LogP contribution in [0.1, 0.15) is 5.56 Å². The van der Waals surface area contributed by atoms with E-state index in [1.54, 1.807) is 61.7 Å². The van der Waals surface area contributed by atoms with Gasteiger partial charge < -0.3 is 19.4 Å². The van der Waals surface area contributed by atoms with E-state index in [9.17, 15) is 14.7 Å². The van der Waals surface area contributed by atoms with Crippen LogP contribution in [0.5, 0.6) is 11.5 Å². The van der Waals surface area contributed by atoms with Crippen LogP contribution in [-0.2, 0) is 9.59 Å². The number of aliphatic carboxylic acids is 1. The third kappa shape index (κ3) is 4.47. The number of thioether (sulfide) groups is 1. The molecule has 0 N–H and O–H groups in total. The first-order chi connectivity index (χ1) is 13.0. The minimum Gasteiger partial charge on any atom is -0.546 e. The predicted octanol–water partition coefficient (Wildman–Crippen LogP) is 2.23. The van der Waals surface area contributed by atoms with Crippen molar-refractivity contribution in [3.05, 3.63) is 59.0 Å². The normalized spacial score (nSPS) is 15.3. The topological polar surface area (TPSA) is 78.9 Å². The Balaban J connectivity index is 1.81. The molecule has 1 heterocycles. The van der Waals surface area contributed by atoms with Gasteiger partial charge in [-0.15, -0.1) is 0 Å². The Labute approximate surface area is 165 Å². The second-order valence-corrected chi connectivity index (χ2v) is 7.12. The maximum atomic E-state index is 12.8. The van der Waals surface area contributed by atoms with Gasteiger partial charge in [0.25, 0.3) is 5.91 Å². The quantitative estimate of drug-likeness (QED) is 0.543. The zero-order chi connectivity index (χ0) is 19.4. The number of carbonyl (C=O) groups excluding carboxylic acids is 2. The molecule has 1 aliphatic rings. The fraction of sp³-hybridized carbons (Fsp3) is 0.105. The number of amides is 1. The largest absolute Gasteiger partial charge is 0.546 e. The average Bonchev–Trinajstić information content (AvgIpc) is 2.94. The molecule has 1 fully saturated rings. The first kappa shape index (κ1) is 18.9. The number of carboxylic acids is 1. The van der Waals surface area contributed by atoms with Gasteiger partial charge in [-0.05, 0) is 48.0 Å². The number of rotatable bonds is 6. The zero-order valence-electron chi connectivity index (χ0n) is 14.2. The molecule has 8 heteroatoms. The standard InChI is InChI=1S/C19H15NO5S2/c1-24-14-7-5-13(6-8-14)20-18(23)16(27-19(20)26)10-12-3-2-4-15(9-12)25-11-17(21)22/h2-10H,11H2,1H3,(H,21,22)/p-1/b16-10+. The van der Waals surface area contributed by atoms with Crippen LogP contribution in [0.3, 0.4) is 0 Å². The lowest BCUT2D eigenvalue weighted by molar-refractivity contribution is -0.307. The van der Waals surface area contributed by atoms with Gasteiger partial charge in [0, 0.05) is 0 Å². The summed E-state index contributed by atoms with van der Waals surface area (Å²) in [6, 6.07) is 13.8. The van der Waals surface area contributed by atoms with Gasteiger partial charge in [-0.2, -0.15) is 0 Å². The summed E-state index contributed by atoms with van der Waals surface area (Å²) in [7, 11) is 1.57. The van der Waals surface area contributed by atoms with Crippen molar-refractivity contribution in [2.75, 3.05) is 18.6 Å². The Bertz CT molecular complexity index is 924. The van der Waals surface area contributed by atoms with Gasteiger partial charge in [-0.1, -0.05) is 36.1 Å². The molecule has 1 amide bonds. The molecule has 6 nitrogen and oxygen atoms in total. The number of carboxylic acid groups (broad SMARTS) is 1. The highest BCUT2D eigenvalue weighted by Crippen LogP contribution is 2.36.